The predicted molar refractivity (Wildman–Crippen MR) is 101 cm³/mol. The van der Waals surface area contributed by atoms with Crippen LogP contribution < -0.4 is 4.90 Å². The average Bonchev–Trinajstić information content (AvgIpc) is 3.06. The normalized spacial score (nSPS) is 12.2. The fraction of sp³-hybridized carbons (Fsp3) is 0.300. The summed E-state index contributed by atoms with van der Waals surface area (Å²) in [6, 6.07) is 18.5. The molecule has 3 aromatic rings. The first-order valence-corrected chi connectivity index (χ1v) is 8.37. The maximum atomic E-state index is 5.42. The second-order valence-corrected chi connectivity index (χ2v) is 6.28. The zero-order valence-corrected chi connectivity index (χ0v) is 15.2. The van der Waals surface area contributed by atoms with Gasteiger partial charge in [0.05, 0.1) is 12.6 Å². The monoisotopic (exact) mass is 336 g/mol. The van der Waals surface area contributed by atoms with Gasteiger partial charge in [0, 0.05) is 26.8 Å². The van der Waals surface area contributed by atoms with E-state index >= 15 is 0 Å². The highest BCUT2D eigenvalue weighted by molar-refractivity contribution is 5.58. The zero-order chi connectivity index (χ0) is 17.8. The molecule has 25 heavy (non-hydrogen) atoms. The third-order valence-electron chi connectivity index (χ3n) is 4.20. The standard InChI is InChI=1S/C20H24N4O/c1-15(25-4)17-11-8-12-18(13-17)19-21-20(23(2)3)24(22-19)14-16-9-6-5-7-10-16/h5-13,15H,14H2,1-4H3/t15-/m1/s1. The fourth-order valence-electron chi connectivity index (χ4n) is 2.72. The minimum absolute atomic E-state index is 0.0414. The molecular formula is C20H24N4O. The van der Waals surface area contributed by atoms with Crippen LogP contribution in [0.4, 0.5) is 5.95 Å². The third-order valence-corrected chi connectivity index (χ3v) is 4.20. The minimum atomic E-state index is 0.0414. The van der Waals surface area contributed by atoms with E-state index in [-0.39, 0.29) is 6.10 Å². The highest BCUT2D eigenvalue weighted by Crippen LogP contribution is 2.24. The number of rotatable bonds is 6. The van der Waals surface area contributed by atoms with Crippen LogP contribution in [-0.2, 0) is 11.3 Å². The van der Waals surface area contributed by atoms with Gasteiger partial charge in [-0.15, -0.1) is 5.10 Å². The summed E-state index contributed by atoms with van der Waals surface area (Å²) in [4.78, 5) is 6.73. The van der Waals surface area contributed by atoms with Gasteiger partial charge in [-0.1, -0.05) is 48.5 Å². The number of anilines is 1. The molecule has 2 aromatic carbocycles. The van der Waals surface area contributed by atoms with Crippen molar-refractivity contribution in [2.75, 3.05) is 26.1 Å². The highest BCUT2D eigenvalue weighted by Gasteiger charge is 2.15. The molecule has 5 nitrogen and oxygen atoms in total. The molecule has 1 heterocycles. The molecule has 1 aromatic heterocycles. The highest BCUT2D eigenvalue weighted by atomic mass is 16.5. The van der Waals surface area contributed by atoms with Gasteiger partial charge >= 0.3 is 0 Å². The number of hydrogen-bond donors (Lipinski definition) is 0. The molecule has 0 bridgehead atoms. The van der Waals surface area contributed by atoms with Crippen molar-refractivity contribution in [3.05, 3.63) is 65.7 Å². The van der Waals surface area contributed by atoms with Gasteiger partial charge in [-0.25, -0.2) is 4.68 Å². The summed E-state index contributed by atoms with van der Waals surface area (Å²) in [6.07, 6.45) is 0.0414. The molecule has 0 saturated carbocycles. The average molecular weight is 336 g/mol. The lowest BCUT2D eigenvalue weighted by Gasteiger charge is -2.12. The van der Waals surface area contributed by atoms with Crippen molar-refractivity contribution in [2.45, 2.75) is 19.6 Å². The van der Waals surface area contributed by atoms with E-state index in [4.69, 9.17) is 14.8 Å². The Morgan fingerprint density at radius 2 is 1.84 bits per heavy atom. The second kappa shape index (κ2) is 7.49. The van der Waals surface area contributed by atoms with Crippen molar-refractivity contribution >= 4 is 5.95 Å². The van der Waals surface area contributed by atoms with Crippen molar-refractivity contribution in [2.24, 2.45) is 0 Å². The molecule has 0 unspecified atom stereocenters. The summed E-state index contributed by atoms with van der Waals surface area (Å²) >= 11 is 0. The Hall–Kier alpha value is -2.66. The molecule has 0 aliphatic rings. The first-order chi connectivity index (χ1) is 12.1. The van der Waals surface area contributed by atoms with Crippen molar-refractivity contribution in [3.8, 4) is 11.4 Å². The summed E-state index contributed by atoms with van der Waals surface area (Å²) in [5.41, 5.74) is 3.31. The van der Waals surface area contributed by atoms with E-state index in [9.17, 15) is 0 Å². The molecule has 130 valence electrons. The van der Waals surface area contributed by atoms with Gasteiger partial charge in [0.25, 0.3) is 0 Å². The largest absolute Gasteiger partial charge is 0.377 e. The van der Waals surface area contributed by atoms with Gasteiger partial charge in [0.2, 0.25) is 5.95 Å². The number of methoxy groups -OCH3 is 1. The number of ether oxygens (including phenoxy) is 1. The molecule has 0 spiro atoms. The zero-order valence-electron chi connectivity index (χ0n) is 15.2. The van der Waals surface area contributed by atoms with E-state index in [0.29, 0.717) is 6.54 Å². The minimum Gasteiger partial charge on any atom is -0.377 e. The van der Waals surface area contributed by atoms with E-state index in [1.807, 2.05) is 60.9 Å². The van der Waals surface area contributed by atoms with Crippen LogP contribution in [0.15, 0.2) is 54.6 Å². The topological polar surface area (TPSA) is 43.2 Å². The first kappa shape index (κ1) is 17.2. The third kappa shape index (κ3) is 3.88. The van der Waals surface area contributed by atoms with Crippen molar-refractivity contribution < 1.29 is 4.74 Å². The number of nitrogens with zero attached hydrogens (tertiary/aromatic N) is 4. The summed E-state index contributed by atoms with van der Waals surface area (Å²) < 4.78 is 7.36. The van der Waals surface area contributed by atoms with Crippen LogP contribution in [0, 0.1) is 0 Å². The number of benzene rings is 2. The molecule has 0 amide bonds. The van der Waals surface area contributed by atoms with Gasteiger partial charge in [0.15, 0.2) is 5.82 Å². The molecule has 0 fully saturated rings. The van der Waals surface area contributed by atoms with E-state index in [1.165, 1.54) is 5.56 Å². The summed E-state index contributed by atoms with van der Waals surface area (Å²) in [5.74, 6) is 1.56. The van der Waals surface area contributed by atoms with Gasteiger partial charge in [-0.3, -0.25) is 0 Å². The van der Waals surface area contributed by atoms with Crippen LogP contribution in [0.5, 0.6) is 0 Å². The van der Waals surface area contributed by atoms with Crippen LogP contribution in [0.25, 0.3) is 11.4 Å². The lowest BCUT2D eigenvalue weighted by atomic mass is 10.1. The molecule has 0 saturated heterocycles. The Morgan fingerprint density at radius 3 is 2.52 bits per heavy atom. The lowest BCUT2D eigenvalue weighted by molar-refractivity contribution is 0.119. The van der Waals surface area contributed by atoms with Crippen molar-refractivity contribution in [1.82, 2.24) is 14.8 Å². The maximum Gasteiger partial charge on any atom is 0.224 e. The Morgan fingerprint density at radius 1 is 1.08 bits per heavy atom. The predicted octanol–water partition coefficient (Wildman–Crippen LogP) is 3.77. The van der Waals surface area contributed by atoms with Crippen LogP contribution >= 0.6 is 0 Å². The van der Waals surface area contributed by atoms with Gasteiger partial charge < -0.3 is 9.64 Å². The molecule has 0 radical (unpaired) electrons. The maximum absolute atomic E-state index is 5.42. The molecule has 0 aliphatic carbocycles. The van der Waals surface area contributed by atoms with E-state index in [2.05, 4.69) is 24.3 Å². The van der Waals surface area contributed by atoms with E-state index in [1.54, 1.807) is 7.11 Å². The van der Waals surface area contributed by atoms with E-state index in [0.717, 1.165) is 22.9 Å². The molecule has 0 N–H and O–H groups in total. The molecule has 0 aliphatic heterocycles. The molecule has 1 atom stereocenters. The smallest absolute Gasteiger partial charge is 0.224 e. The van der Waals surface area contributed by atoms with Crippen LogP contribution in [-0.4, -0.2) is 36.0 Å². The second-order valence-electron chi connectivity index (χ2n) is 6.28. The summed E-state index contributed by atoms with van der Waals surface area (Å²) in [6.45, 7) is 2.72. The van der Waals surface area contributed by atoms with Gasteiger partial charge in [0.1, 0.15) is 0 Å². The molecule has 3 rings (SSSR count). The molecule has 5 heteroatoms. The Bertz CT molecular complexity index is 827. The van der Waals surface area contributed by atoms with Gasteiger partial charge in [-0.05, 0) is 24.1 Å². The van der Waals surface area contributed by atoms with Crippen LogP contribution in [0.1, 0.15) is 24.2 Å². The summed E-state index contributed by atoms with van der Waals surface area (Å²) in [7, 11) is 5.69. The SMILES string of the molecule is CO[C@H](C)c1cccc(-c2nc(N(C)C)n(Cc3ccccc3)n2)c1. The first-order valence-electron chi connectivity index (χ1n) is 8.37. The van der Waals surface area contributed by atoms with Crippen molar-refractivity contribution in [1.29, 1.82) is 0 Å². The lowest BCUT2D eigenvalue weighted by Crippen LogP contribution is -2.16. The molecular weight excluding hydrogens is 312 g/mol. The van der Waals surface area contributed by atoms with Crippen LogP contribution in [0.2, 0.25) is 0 Å². The van der Waals surface area contributed by atoms with E-state index < -0.39 is 0 Å². The number of hydrogen-bond acceptors (Lipinski definition) is 4. The summed E-state index contributed by atoms with van der Waals surface area (Å²) in [5, 5.41) is 4.75. The fourth-order valence-corrected chi connectivity index (χ4v) is 2.72. The quantitative estimate of drug-likeness (QED) is 0.687. The Balaban J connectivity index is 1.96. The number of aromatic nitrogens is 3. The van der Waals surface area contributed by atoms with Crippen LogP contribution in [0.3, 0.4) is 0 Å². The van der Waals surface area contributed by atoms with Crippen molar-refractivity contribution in [3.63, 3.8) is 0 Å². The van der Waals surface area contributed by atoms with Gasteiger partial charge in [-0.2, -0.15) is 4.98 Å². The Kier molecular flexibility index (Phi) is 5.14. The Labute approximate surface area is 148 Å².